The average molecular weight is 118 g/mol. The number of nitrogens with zero attached hydrogens (tertiary/aromatic N) is 1. The van der Waals surface area contributed by atoms with Gasteiger partial charge in [0.05, 0.1) is 0 Å². The van der Waals surface area contributed by atoms with Crippen LogP contribution in [0.3, 0.4) is 0 Å². The summed E-state index contributed by atoms with van der Waals surface area (Å²) in [6.07, 6.45) is 1.82. The maximum Gasteiger partial charge on any atom is 0.0431 e. The van der Waals surface area contributed by atoms with E-state index in [4.69, 9.17) is 10.9 Å². The van der Waals surface area contributed by atoms with Gasteiger partial charge < -0.3 is 5.11 Å². The highest BCUT2D eigenvalue weighted by Crippen LogP contribution is 1.85. The second-order valence-corrected chi connectivity index (χ2v) is 1.91. The Morgan fingerprint density at radius 2 is 2.12 bits per heavy atom. The summed E-state index contributed by atoms with van der Waals surface area (Å²) in [5, 5.41) is 9.94. The molecule has 0 aromatic carbocycles. The normalized spacial score (nSPS) is 10.5. The highest BCUT2D eigenvalue weighted by atomic mass is 16.2. The molecule has 3 N–H and O–H groups in total. The molecular weight excluding hydrogens is 104 g/mol. The molecule has 3 nitrogen and oxygen atoms in total. The molecule has 0 spiro atoms. The van der Waals surface area contributed by atoms with E-state index in [9.17, 15) is 0 Å². The van der Waals surface area contributed by atoms with Gasteiger partial charge in [-0.1, -0.05) is 0 Å². The zero-order valence-corrected chi connectivity index (χ0v) is 5.30. The molecule has 0 aromatic heterocycles. The number of hydrogen-bond acceptors (Lipinski definition) is 3. The van der Waals surface area contributed by atoms with E-state index in [0.29, 0.717) is 0 Å². The summed E-state index contributed by atoms with van der Waals surface area (Å²) in [6.45, 7) is 1.13. The summed E-state index contributed by atoms with van der Waals surface area (Å²) >= 11 is 0. The predicted molar refractivity (Wildman–Crippen MR) is 33.1 cm³/mol. The number of rotatable bonds is 4. The average Bonchev–Trinajstić information content (AvgIpc) is 1.66. The predicted octanol–water partition coefficient (Wildman–Crippen LogP) is -0.436. The standard InChI is InChI=1S/C5H14N2O/c1-7(6)4-2-3-5-8/h8H,2-6H2,1H3. The van der Waals surface area contributed by atoms with E-state index in [1.54, 1.807) is 5.01 Å². The first-order valence-electron chi connectivity index (χ1n) is 2.84. The molecule has 0 bridgehead atoms. The molecule has 8 heavy (non-hydrogen) atoms. The molecule has 0 saturated heterocycles. The van der Waals surface area contributed by atoms with Gasteiger partial charge >= 0.3 is 0 Å². The van der Waals surface area contributed by atoms with E-state index in [1.807, 2.05) is 7.05 Å². The van der Waals surface area contributed by atoms with Gasteiger partial charge in [-0.3, -0.25) is 10.9 Å². The summed E-state index contributed by atoms with van der Waals surface area (Å²) in [5.41, 5.74) is 0. The maximum absolute atomic E-state index is 8.32. The summed E-state index contributed by atoms with van der Waals surface area (Å²) in [7, 11) is 1.82. The number of hydrazine groups is 1. The topological polar surface area (TPSA) is 49.5 Å². The molecule has 0 rings (SSSR count). The summed E-state index contributed by atoms with van der Waals surface area (Å²) in [6, 6.07) is 0. The lowest BCUT2D eigenvalue weighted by Gasteiger charge is -2.06. The van der Waals surface area contributed by atoms with Crippen molar-refractivity contribution in [1.82, 2.24) is 5.01 Å². The Labute approximate surface area is 50.1 Å². The van der Waals surface area contributed by atoms with Crippen LogP contribution in [0.1, 0.15) is 12.8 Å². The monoisotopic (exact) mass is 118 g/mol. The van der Waals surface area contributed by atoms with E-state index in [1.165, 1.54) is 0 Å². The molecule has 50 valence electrons. The van der Waals surface area contributed by atoms with Crippen LogP contribution in [0, 0.1) is 0 Å². The first kappa shape index (κ1) is 7.88. The van der Waals surface area contributed by atoms with E-state index in [0.717, 1.165) is 19.4 Å². The minimum atomic E-state index is 0.272. The highest BCUT2D eigenvalue weighted by molar-refractivity contribution is 4.40. The summed E-state index contributed by atoms with van der Waals surface area (Å²) in [5.74, 6) is 5.28. The lowest BCUT2D eigenvalue weighted by molar-refractivity contribution is 0.265. The van der Waals surface area contributed by atoms with E-state index in [-0.39, 0.29) is 6.61 Å². The van der Waals surface area contributed by atoms with E-state index in [2.05, 4.69) is 0 Å². The van der Waals surface area contributed by atoms with Crippen LogP contribution in [-0.2, 0) is 0 Å². The number of aliphatic hydroxyl groups is 1. The third-order valence-corrected chi connectivity index (χ3v) is 0.919. The number of hydrogen-bond donors (Lipinski definition) is 2. The fraction of sp³-hybridized carbons (Fsp3) is 1.00. The molecular formula is C5H14N2O. The van der Waals surface area contributed by atoms with Crippen LogP contribution in [-0.4, -0.2) is 30.3 Å². The molecule has 0 saturated carbocycles. The van der Waals surface area contributed by atoms with Gasteiger partial charge in [0.1, 0.15) is 0 Å². The molecule has 0 radical (unpaired) electrons. The van der Waals surface area contributed by atoms with Crippen molar-refractivity contribution in [2.45, 2.75) is 12.8 Å². The van der Waals surface area contributed by atoms with Crippen LogP contribution in [0.15, 0.2) is 0 Å². The van der Waals surface area contributed by atoms with Crippen molar-refractivity contribution < 1.29 is 5.11 Å². The molecule has 0 unspecified atom stereocenters. The minimum absolute atomic E-state index is 0.272. The van der Waals surface area contributed by atoms with Crippen molar-refractivity contribution in [2.24, 2.45) is 5.84 Å². The quantitative estimate of drug-likeness (QED) is 0.299. The van der Waals surface area contributed by atoms with Gasteiger partial charge in [-0.25, -0.2) is 0 Å². The van der Waals surface area contributed by atoms with Crippen molar-refractivity contribution >= 4 is 0 Å². The van der Waals surface area contributed by atoms with Gasteiger partial charge in [0.15, 0.2) is 0 Å². The first-order valence-corrected chi connectivity index (χ1v) is 2.84. The van der Waals surface area contributed by atoms with Crippen molar-refractivity contribution in [3.05, 3.63) is 0 Å². The largest absolute Gasteiger partial charge is 0.396 e. The highest BCUT2D eigenvalue weighted by Gasteiger charge is 1.87. The number of nitrogens with two attached hydrogens (primary N) is 1. The molecule has 0 aliphatic carbocycles. The summed E-state index contributed by atoms with van der Waals surface area (Å²) < 4.78 is 0. The Balaban J connectivity index is 2.72. The van der Waals surface area contributed by atoms with Crippen LogP contribution in [0.2, 0.25) is 0 Å². The van der Waals surface area contributed by atoms with Crippen LogP contribution >= 0.6 is 0 Å². The van der Waals surface area contributed by atoms with Gasteiger partial charge in [-0.05, 0) is 12.8 Å². The first-order chi connectivity index (χ1) is 3.77. The number of aliphatic hydroxyl groups excluding tert-OH is 1. The van der Waals surface area contributed by atoms with E-state index < -0.39 is 0 Å². The van der Waals surface area contributed by atoms with Gasteiger partial charge in [0.2, 0.25) is 0 Å². The fourth-order valence-corrected chi connectivity index (χ4v) is 0.473. The number of unbranched alkanes of at least 4 members (excludes halogenated alkanes) is 1. The smallest absolute Gasteiger partial charge is 0.0431 e. The van der Waals surface area contributed by atoms with Crippen LogP contribution in [0.5, 0.6) is 0 Å². The van der Waals surface area contributed by atoms with Crippen LogP contribution in [0.25, 0.3) is 0 Å². The molecule has 0 aliphatic heterocycles. The molecule has 0 heterocycles. The summed E-state index contributed by atoms with van der Waals surface area (Å²) in [4.78, 5) is 0. The van der Waals surface area contributed by atoms with Crippen molar-refractivity contribution in [3.8, 4) is 0 Å². The SMILES string of the molecule is CN(N)CCCCO. The van der Waals surface area contributed by atoms with Crippen LogP contribution < -0.4 is 5.84 Å². The van der Waals surface area contributed by atoms with Crippen molar-refractivity contribution in [2.75, 3.05) is 20.2 Å². The van der Waals surface area contributed by atoms with Crippen molar-refractivity contribution in [1.29, 1.82) is 0 Å². The lowest BCUT2D eigenvalue weighted by atomic mass is 10.3. The Morgan fingerprint density at radius 1 is 1.50 bits per heavy atom. The third-order valence-electron chi connectivity index (χ3n) is 0.919. The molecule has 0 amide bonds. The molecule has 0 aliphatic rings. The Morgan fingerprint density at radius 3 is 2.50 bits per heavy atom. The zero-order chi connectivity index (χ0) is 6.41. The third kappa shape index (κ3) is 5.88. The Bertz CT molecular complexity index is 47.7. The molecule has 0 aromatic rings. The van der Waals surface area contributed by atoms with Gasteiger partial charge in [-0.15, -0.1) is 0 Å². The minimum Gasteiger partial charge on any atom is -0.396 e. The van der Waals surface area contributed by atoms with E-state index >= 15 is 0 Å². The second-order valence-electron chi connectivity index (χ2n) is 1.91. The Hall–Kier alpha value is -0.120. The zero-order valence-electron chi connectivity index (χ0n) is 5.30. The maximum atomic E-state index is 8.32. The van der Waals surface area contributed by atoms with Gasteiger partial charge in [0, 0.05) is 20.2 Å². The fourth-order valence-electron chi connectivity index (χ4n) is 0.473. The van der Waals surface area contributed by atoms with Gasteiger partial charge in [0.25, 0.3) is 0 Å². The molecule has 0 atom stereocenters. The lowest BCUT2D eigenvalue weighted by Crippen LogP contribution is -2.26. The molecule has 0 fully saturated rings. The second kappa shape index (κ2) is 5.03. The van der Waals surface area contributed by atoms with Crippen molar-refractivity contribution in [3.63, 3.8) is 0 Å². The molecule has 3 heteroatoms. The van der Waals surface area contributed by atoms with Gasteiger partial charge in [-0.2, -0.15) is 0 Å². The Kier molecular flexibility index (Phi) is 4.95. The van der Waals surface area contributed by atoms with Crippen LogP contribution in [0.4, 0.5) is 0 Å².